The van der Waals surface area contributed by atoms with Gasteiger partial charge in [-0.3, -0.25) is 0 Å². The minimum Gasteiger partial charge on any atom is -0.416 e. The molecule has 0 saturated carbocycles. The van der Waals surface area contributed by atoms with Crippen LogP contribution in [0.25, 0.3) is 0 Å². The molecule has 4 nitrogen and oxygen atoms in total. The first-order valence-electron chi connectivity index (χ1n) is 5.86. The first-order chi connectivity index (χ1) is 8.69. The van der Waals surface area contributed by atoms with Crippen molar-refractivity contribution in [2.24, 2.45) is 0 Å². The average molecular weight is 263 g/mol. The van der Waals surface area contributed by atoms with Gasteiger partial charge in [0.05, 0.1) is 0 Å². The molecular formula is C13H17N3OS. The van der Waals surface area contributed by atoms with Crippen LogP contribution in [0.2, 0.25) is 0 Å². The highest BCUT2D eigenvalue weighted by molar-refractivity contribution is 7.99. The van der Waals surface area contributed by atoms with Gasteiger partial charge in [-0.05, 0) is 19.5 Å². The summed E-state index contributed by atoms with van der Waals surface area (Å²) < 4.78 is 5.35. The number of rotatable bonds is 5. The summed E-state index contributed by atoms with van der Waals surface area (Å²) in [5, 5.41) is 11.7. The highest BCUT2D eigenvalue weighted by Crippen LogP contribution is 2.23. The van der Waals surface area contributed by atoms with E-state index in [-0.39, 0.29) is 6.04 Å². The number of hydrogen-bond acceptors (Lipinski definition) is 5. The molecule has 0 bridgehead atoms. The van der Waals surface area contributed by atoms with Crippen LogP contribution in [0, 0.1) is 13.8 Å². The van der Waals surface area contributed by atoms with E-state index in [1.54, 1.807) is 18.7 Å². The van der Waals surface area contributed by atoms with Gasteiger partial charge in [0.1, 0.15) is 0 Å². The maximum atomic E-state index is 5.35. The molecule has 1 unspecified atom stereocenters. The fourth-order valence-electron chi connectivity index (χ4n) is 1.64. The van der Waals surface area contributed by atoms with Gasteiger partial charge >= 0.3 is 0 Å². The molecule has 0 aliphatic rings. The van der Waals surface area contributed by atoms with Crippen molar-refractivity contribution < 1.29 is 4.42 Å². The first-order valence-corrected chi connectivity index (χ1v) is 6.84. The van der Waals surface area contributed by atoms with Crippen LogP contribution in [0.1, 0.15) is 23.1 Å². The fraction of sp³-hybridized carbons (Fsp3) is 0.385. The minimum absolute atomic E-state index is 0.280. The Morgan fingerprint density at radius 2 is 1.94 bits per heavy atom. The highest BCUT2D eigenvalue weighted by atomic mass is 32.2. The molecule has 0 saturated heterocycles. The van der Waals surface area contributed by atoms with Crippen LogP contribution in [-0.2, 0) is 0 Å². The van der Waals surface area contributed by atoms with Gasteiger partial charge in [0.2, 0.25) is 5.89 Å². The minimum atomic E-state index is 0.280. The van der Waals surface area contributed by atoms with Gasteiger partial charge in [0.25, 0.3) is 5.22 Å². The van der Waals surface area contributed by atoms with E-state index in [0.29, 0.717) is 11.1 Å². The number of thioether (sulfide) groups is 1. The van der Waals surface area contributed by atoms with Crippen LogP contribution in [0.4, 0.5) is 0 Å². The Balaban J connectivity index is 1.99. The molecule has 1 heterocycles. The second kappa shape index (κ2) is 6.02. The third-order valence-electron chi connectivity index (χ3n) is 2.71. The summed E-state index contributed by atoms with van der Waals surface area (Å²) in [4.78, 5) is 0. The van der Waals surface area contributed by atoms with Gasteiger partial charge in [0.15, 0.2) is 0 Å². The van der Waals surface area contributed by atoms with Crippen LogP contribution in [0.5, 0.6) is 0 Å². The number of aromatic nitrogens is 2. The summed E-state index contributed by atoms with van der Waals surface area (Å²) in [7, 11) is 1.96. The van der Waals surface area contributed by atoms with Crippen molar-refractivity contribution in [2.75, 3.05) is 12.8 Å². The Bertz CT molecular complexity index is 495. The van der Waals surface area contributed by atoms with Crippen molar-refractivity contribution in [3.05, 3.63) is 41.3 Å². The van der Waals surface area contributed by atoms with Crippen molar-refractivity contribution in [3.8, 4) is 0 Å². The Hall–Kier alpha value is -1.33. The van der Waals surface area contributed by atoms with E-state index in [1.807, 2.05) is 7.05 Å². The maximum absolute atomic E-state index is 5.35. The molecule has 96 valence electrons. The topological polar surface area (TPSA) is 51.0 Å². The van der Waals surface area contributed by atoms with E-state index in [4.69, 9.17) is 4.42 Å². The molecule has 2 rings (SSSR count). The van der Waals surface area contributed by atoms with E-state index < -0.39 is 0 Å². The Kier molecular flexibility index (Phi) is 4.38. The van der Waals surface area contributed by atoms with Crippen LogP contribution >= 0.6 is 11.8 Å². The largest absolute Gasteiger partial charge is 0.416 e. The van der Waals surface area contributed by atoms with Crippen molar-refractivity contribution >= 4 is 11.8 Å². The average Bonchev–Trinajstić information content (AvgIpc) is 2.78. The second-order valence-corrected chi connectivity index (χ2v) is 5.12. The summed E-state index contributed by atoms with van der Waals surface area (Å²) in [5.74, 6) is 1.47. The molecule has 5 heteroatoms. The van der Waals surface area contributed by atoms with Gasteiger partial charge in [0, 0.05) is 18.7 Å². The smallest absolute Gasteiger partial charge is 0.276 e. The fourth-order valence-corrected chi connectivity index (χ4v) is 2.58. The number of nitrogens with one attached hydrogen (secondary N) is 1. The third-order valence-corrected chi connectivity index (χ3v) is 3.62. The van der Waals surface area contributed by atoms with Gasteiger partial charge in [-0.1, -0.05) is 41.6 Å². The predicted octanol–water partition coefficient (Wildman–Crippen LogP) is 2.74. The van der Waals surface area contributed by atoms with Gasteiger partial charge < -0.3 is 9.73 Å². The molecule has 0 aliphatic heterocycles. The van der Waals surface area contributed by atoms with E-state index in [0.717, 1.165) is 5.75 Å². The maximum Gasteiger partial charge on any atom is 0.276 e. The zero-order valence-electron chi connectivity index (χ0n) is 10.8. The Morgan fingerprint density at radius 1 is 1.22 bits per heavy atom. The molecule has 0 aliphatic carbocycles. The van der Waals surface area contributed by atoms with Crippen LogP contribution < -0.4 is 5.32 Å². The number of hydrogen-bond donors (Lipinski definition) is 1. The van der Waals surface area contributed by atoms with E-state index >= 15 is 0 Å². The Labute approximate surface area is 111 Å². The molecule has 0 radical (unpaired) electrons. The summed E-state index contributed by atoms with van der Waals surface area (Å²) in [6, 6.07) is 8.83. The molecule has 1 atom stereocenters. The zero-order valence-corrected chi connectivity index (χ0v) is 11.6. The SMILES string of the molecule is CNC(CSc1nnc(C)o1)c1ccc(C)cc1. The molecule has 1 aromatic carbocycles. The lowest BCUT2D eigenvalue weighted by molar-refractivity contribution is 0.428. The normalized spacial score (nSPS) is 12.6. The first kappa shape index (κ1) is 13.1. The molecule has 1 aromatic heterocycles. The summed E-state index contributed by atoms with van der Waals surface area (Å²) in [5.41, 5.74) is 2.54. The van der Waals surface area contributed by atoms with Crippen molar-refractivity contribution in [3.63, 3.8) is 0 Å². The molecule has 0 spiro atoms. The molecular weight excluding hydrogens is 246 g/mol. The van der Waals surface area contributed by atoms with Crippen LogP contribution in [0.3, 0.4) is 0 Å². The molecule has 0 fully saturated rings. The van der Waals surface area contributed by atoms with E-state index in [9.17, 15) is 0 Å². The molecule has 18 heavy (non-hydrogen) atoms. The zero-order chi connectivity index (χ0) is 13.0. The standard InChI is InChI=1S/C13H17N3OS/c1-9-4-6-11(7-5-9)12(14-3)8-18-13-16-15-10(2)17-13/h4-7,12,14H,8H2,1-3H3. The van der Waals surface area contributed by atoms with Crippen LogP contribution in [-0.4, -0.2) is 23.0 Å². The van der Waals surface area contributed by atoms with Crippen molar-refractivity contribution in [1.82, 2.24) is 15.5 Å². The molecule has 1 N–H and O–H groups in total. The lowest BCUT2D eigenvalue weighted by Gasteiger charge is -2.15. The number of benzene rings is 1. The lowest BCUT2D eigenvalue weighted by Crippen LogP contribution is -2.18. The van der Waals surface area contributed by atoms with Gasteiger partial charge in [-0.2, -0.15) is 0 Å². The van der Waals surface area contributed by atoms with E-state index in [1.165, 1.54) is 11.1 Å². The monoisotopic (exact) mass is 263 g/mol. The van der Waals surface area contributed by atoms with Gasteiger partial charge in [-0.25, -0.2) is 0 Å². The lowest BCUT2D eigenvalue weighted by atomic mass is 10.1. The van der Waals surface area contributed by atoms with Gasteiger partial charge in [-0.15, -0.1) is 10.2 Å². The predicted molar refractivity (Wildman–Crippen MR) is 72.7 cm³/mol. The third kappa shape index (κ3) is 3.34. The summed E-state index contributed by atoms with van der Waals surface area (Å²) in [6.07, 6.45) is 0. The summed E-state index contributed by atoms with van der Waals surface area (Å²) >= 11 is 1.57. The number of nitrogens with zero attached hydrogens (tertiary/aromatic N) is 2. The quantitative estimate of drug-likeness (QED) is 0.841. The summed E-state index contributed by atoms with van der Waals surface area (Å²) in [6.45, 7) is 3.89. The molecule has 0 amide bonds. The van der Waals surface area contributed by atoms with Crippen molar-refractivity contribution in [2.45, 2.75) is 25.1 Å². The second-order valence-electron chi connectivity index (χ2n) is 4.15. The Morgan fingerprint density at radius 3 is 2.50 bits per heavy atom. The van der Waals surface area contributed by atoms with Crippen LogP contribution in [0.15, 0.2) is 33.9 Å². The highest BCUT2D eigenvalue weighted by Gasteiger charge is 2.12. The number of aryl methyl sites for hydroxylation is 2. The molecule has 2 aromatic rings. The van der Waals surface area contributed by atoms with Crippen molar-refractivity contribution in [1.29, 1.82) is 0 Å². The van der Waals surface area contributed by atoms with E-state index in [2.05, 4.69) is 46.7 Å².